The summed E-state index contributed by atoms with van der Waals surface area (Å²) in [5.41, 5.74) is 6.65. The first-order valence-electron chi connectivity index (χ1n) is 5.97. The summed E-state index contributed by atoms with van der Waals surface area (Å²) < 4.78 is 6.06. The van der Waals surface area contributed by atoms with E-state index in [1.807, 2.05) is 4.98 Å². The minimum atomic E-state index is -1.46. The Morgan fingerprint density at radius 2 is 2.14 bits per heavy atom. The van der Waals surface area contributed by atoms with Gasteiger partial charge in [-0.05, 0) is 5.53 Å². The van der Waals surface area contributed by atoms with Gasteiger partial charge in [0.1, 0.15) is 18.3 Å². The summed E-state index contributed by atoms with van der Waals surface area (Å²) >= 11 is 0. The minimum Gasteiger partial charge on any atom is -0.394 e. The molecule has 1 aliphatic rings. The number of azide groups is 1. The molecule has 4 N–H and O–H groups in total. The Kier molecular flexibility index (Phi) is 4.40. The fraction of sp³-hybridized carbons (Fsp3) is 0.600. The molecule has 0 radical (unpaired) electrons. The molecule has 4 atom stereocenters. The van der Waals surface area contributed by atoms with Gasteiger partial charge in [-0.1, -0.05) is 5.11 Å². The molecule has 1 fully saturated rings. The molecule has 1 saturated heterocycles. The highest BCUT2D eigenvalue weighted by Gasteiger charge is 2.43. The minimum absolute atomic E-state index is 0.00913. The highest BCUT2D eigenvalue weighted by atomic mass is 16.6. The molecule has 0 bridgehead atoms. The van der Waals surface area contributed by atoms with Crippen LogP contribution in [0.1, 0.15) is 11.8 Å². The standard InChI is InChI=1S/C10H13N5O6/c11-14-12-1-4-2-15(10(20)13-8(4)19)9-7(18)6(17)5(3-16)21-9/h2,5-7,9,16-18H,1,3H2,(H,13,19,20). The Morgan fingerprint density at radius 3 is 2.71 bits per heavy atom. The number of hydrogen-bond acceptors (Lipinski definition) is 7. The van der Waals surface area contributed by atoms with Crippen LogP contribution in [0.4, 0.5) is 0 Å². The summed E-state index contributed by atoms with van der Waals surface area (Å²) in [5.74, 6) is 0. The van der Waals surface area contributed by atoms with E-state index in [1.165, 1.54) is 0 Å². The van der Waals surface area contributed by atoms with E-state index in [0.717, 1.165) is 10.8 Å². The molecule has 21 heavy (non-hydrogen) atoms. The number of hydrogen-bond donors (Lipinski definition) is 4. The van der Waals surface area contributed by atoms with Crippen LogP contribution in [-0.2, 0) is 11.3 Å². The molecular weight excluding hydrogens is 286 g/mol. The molecule has 1 aromatic rings. The van der Waals surface area contributed by atoms with Gasteiger partial charge in [0.2, 0.25) is 0 Å². The van der Waals surface area contributed by atoms with Crippen molar-refractivity contribution in [3.8, 4) is 0 Å². The maximum atomic E-state index is 11.8. The predicted molar refractivity (Wildman–Crippen MR) is 67.2 cm³/mol. The third kappa shape index (κ3) is 2.82. The lowest BCUT2D eigenvalue weighted by molar-refractivity contribution is -0.0551. The molecule has 1 aliphatic heterocycles. The first kappa shape index (κ1) is 15.2. The molecule has 2 rings (SSSR count). The van der Waals surface area contributed by atoms with E-state index in [-0.39, 0.29) is 12.1 Å². The average molecular weight is 299 g/mol. The van der Waals surface area contributed by atoms with Gasteiger partial charge in [-0.15, -0.1) is 0 Å². The molecule has 11 heteroatoms. The SMILES string of the molecule is [N-]=[N+]=NCc1cn(C2OC(CO)C(O)C2O)c(=O)[nH]c1=O. The number of rotatable bonds is 4. The van der Waals surface area contributed by atoms with Crippen molar-refractivity contribution in [3.05, 3.63) is 43.0 Å². The number of nitrogens with zero attached hydrogens (tertiary/aromatic N) is 4. The first-order valence-corrected chi connectivity index (χ1v) is 5.97. The summed E-state index contributed by atoms with van der Waals surface area (Å²) in [6, 6.07) is 0. The molecule has 1 aromatic heterocycles. The van der Waals surface area contributed by atoms with E-state index >= 15 is 0 Å². The van der Waals surface area contributed by atoms with E-state index in [9.17, 15) is 19.8 Å². The van der Waals surface area contributed by atoms with Gasteiger partial charge in [-0.25, -0.2) is 4.79 Å². The average Bonchev–Trinajstić information content (AvgIpc) is 2.74. The summed E-state index contributed by atoms with van der Waals surface area (Å²) in [4.78, 5) is 27.8. The molecule has 114 valence electrons. The largest absolute Gasteiger partial charge is 0.394 e. The normalized spacial score (nSPS) is 28.3. The van der Waals surface area contributed by atoms with Gasteiger partial charge in [0.25, 0.3) is 5.56 Å². The molecule has 0 spiro atoms. The third-order valence-electron chi connectivity index (χ3n) is 3.14. The van der Waals surface area contributed by atoms with E-state index in [4.69, 9.17) is 15.4 Å². The Labute approximate surface area is 116 Å². The number of ether oxygens (including phenoxy) is 1. The molecule has 0 aromatic carbocycles. The van der Waals surface area contributed by atoms with Crippen LogP contribution in [0, 0.1) is 0 Å². The molecule has 11 nitrogen and oxygen atoms in total. The third-order valence-corrected chi connectivity index (χ3v) is 3.14. The van der Waals surface area contributed by atoms with Crippen molar-refractivity contribution in [2.45, 2.75) is 31.1 Å². The number of aromatic nitrogens is 2. The summed E-state index contributed by atoms with van der Waals surface area (Å²) in [5, 5.41) is 31.7. The number of H-pyrrole nitrogens is 1. The van der Waals surface area contributed by atoms with Gasteiger partial charge >= 0.3 is 5.69 Å². The summed E-state index contributed by atoms with van der Waals surface area (Å²) in [7, 11) is 0. The van der Waals surface area contributed by atoms with Crippen molar-refractivity contribution >= 4 is 0 Å². The maximum Gasteiger partial charge on any atom is 0.330 e. The van der Waals surface area contributed by atoms with Crippen LogP contribution in [-0.4, -0.2) is 49.8 Å². The lowest BCUT2D eigenvalue weighted by Crippen LogP contribution is -2.38. The highest BCUT2D eigenvalue weighted by Crippen LogP contribution is 2.27. The molecule has 0 saturated carbocycles. The highest BCUT2D eigenvalue weighted by molar-refractivity contribution is 5.06. The number of nitrogens with one attached hydrogen (secondary N) is 1. The lowest BCUT2D eigenvalue weighted by Gasteiger charge is -2.17. The van der Waals surface area contributed by atoms with Crippen molar-refractivity contribution in [2.75, 3.05) is 6.61 Å². The van der Waals surface area contributed by atoms with Gasteiger partial charge < -0.3 is 20.1 Å². The van der Waals surface area contributed by atoms with Crippen molar-refractivity contribution in [1.29, 1.82) is 0 Å². The predicted octanol–water partition coefficient (Wildman–Crippen LogP) is -2.04. The summed E-state index contributed by atoms with van der Waals surface area (Å²) in [6.45, 7) is -0.834. The van der Waals surface area contributed by atoms with E-state index < -0.39 is 42.4 Å². The summed E-state index contributed by atoms with van der Waals surface area (Å²) in [6.07, 6.45) is -4.08. The van der Waals surface area contributed by atoms with Crippen LogP contribution in [0.5, 0.6) is 0 Å². The van der Waals surface area contributed by atoms with Gasteiger partial charge in [-0.3, -0.25) is 14.3 Å². The Hall–Kier alpha value is -2.17. The zero-order valence-corrected chi connectivity index (χ0v) is 10.7. The molecule has 0 amide bonds. The maximum absolute atomic E-state index is 11.8. The number of aliphatic hydroxyl groups excluding tert-OH is 3. The van der Waals surface area contributed by atoms with Gasteiger partial charge in [0.15, 0.2) is 6.23 Å². The van der Waals surface area contributed by atoms with E-state index in [1.54, 1.807) is 0 Å². The number of aliphatic hydroxyl groups is 3. The van der Waals surface area contributed by atoms with Gasteiger partial charge in [-0.2, -0.15) is 0 Å². The van der Waals surface area contributed by atoms with Crippen LogP contribution in [0.2, 0.25) is 0 Å². The smallest absolute Gasteiger partial charge is 0.330 e. The number of aromatic amines is 1. The van der Waals surface area contributed by atoms with Crippen LogP contribution >= 0.6 is 0 Å². The van der Waals surface area contributed by atoms with Crippen LogP contribution in [0.3, 0.4) is 0 Å². The first-order chi connectivity index (χ1) is 9.99. The fourth-order valence-electron chi connectivity index (χ4n) is 2.05. The zero-order chi connectivity index (χ0) is 15.6. The molecule has 0 aliphatic carbocycles. The molecule has 4 unspecified atom stereocenters. The van der Waals surface area contributed by atoms with Gasteiger partial charge in [0.05, 0.1) is 13.2 Å². The van der Waals surface area contributed by atoms with Crippen molar-refractivity contribution in [3.63, 3.8) is 0 Å². The second kappa shape index (κ2) is 6.08. The molecular formula is C10H13N5O6. The lowest BCUT2D eigenvalue weighted by atomic mass is 10.1. The Balaban J connectivity index is 2.42. The van der Waals surface area contributed by atoms with E-state index in [0.29, 0.717) is 0 Å². The van der Waals surface area contributed by atoms with Crippen molar-refractivity contribution in [2.24, 2.45) is 5.11 Å². The Morgan fingerprint density at radius 1 is 1.43 bits per heavy atom. The zero-order valence-electron chi connectivity index (χ0n) is 10.7. The van der Waals surface area contributed by atoms with Crippen molar-refractivity contribution in [1.82, 2.24) is 9.55 Å². The monoisotopic (exact) mass is 299 g/mol. The second-order valence-corrected chi connectivity index (χ2v) is 4.44. The van der Waals surface area contributed by atoms with Crippen LogP contribution in [0.15, 0.2) is 20.9 Å². The molecule has 2 heterocycles. The van der Waals surface area contributed by atoms with Gasteiger partial charge in [0, 0.05) is 16.7 Å². The van der Waals surface area contributed by atoms with Crippen LogP contribution < -0.4 is 11.2 Å². The fourth-order valence-corrected chi connectivity index (χ4v) is 2.05. The Bertz CT molecular complexity index is 677. The topological polar surface area (TPSA) is 174 Å². The van der Waals surface area contributed by atoms with E-state index in [2.05, 4.69) is 10.0 Å². The quantitative estimate of drug-likeness (QED) is 0.283. The second-order valence-electron chi connectivity index (χ2n) is 4.44. The van der Waals surface area contributed by atoms with Crippen molar-refractivity contribution < 1.29 is 20.1 Å². The van der Waals surface area contributed by atoms with Crippen LogP contribution in [0.25, 0.3) is 10.4 Å².